The topological polar surface area (TPSA) is 91.4 Å². The molecule has 1 saturated carbocycles. The van der Waals surface area contributed by atoms with Crippen LogP contribution in [0.2, 0.25) is 0 Å². The summed E-state index contributed by atoms with van der Waals surface area (Å²) in [4.78, 5) is 21.5. The SMILES string of the molecule is CCO[C@]1(CN2CCN3CCCC[C@@H]3C2)/C=C/CC[C@@H](CC)S(=O)(=O)NC(=O)c2ccc3c(c2)N(CCCCC2C=C(Cl)C=CC2(C)CO3)C[C@@H]2CC[C@H]21. The highest BCUT2D eigenvalue weighted by atomic mass is 35.5. The van der Waals surface area contributed by atoms with E-state index in [0.717, 1.165) is 87.8 Å². The number of anilines is 1. The van der Waals surface area contributed by atoms with Crippen molar-refractivity contribution in [1.82, 2.24) is 14.5 Å². The van der Waals surface area contributed by atoms with E-state index in [9.17, 15) is 13.2 Å². The molecule has 2 saturated heterocycles. The van der Waals surface area contributed by atoms with Crippen molar-refractivity contribution in [3.05, 3.63) is 59.2 Å². The third kappa shape index (κ3) is 8.63. The summed E-state index contributed by atoms with van der Waals surface area (Å²) >= 11 is 6.52. The lowest BCUT2D eigenvalue weighted by Gasteiger charge is -2.53. The fourth-order valence-corrected chi connectivity index (χ4v) is 11.9. The second kappa shape index (κ2) is 17.0. The summed E-state index contributed by atoms with van der Waals surface area (Å²) in [6, 6.07) is 6.05. The van der Waals surface area contributed by atoms with Crippen LogP contribution in [-0.4, -0.2) is 100 Å². The van der Waals surface area contributed by atoms with Crippen LogP contribution in [0.4, 0.5) is 5.69 Å². The van der Waals surface area contributed by atoms with Gasteiger partial charge in [0, 0.05) is 67.9 Å². The van der Waals surface area contributed by atoms with Crippen LogP contribution in [0, 0.1) is 23.2 Å². The Balaban J connectivity index is 1.26. The van der Waals surface area contributed by atoms with E-state index in [1.165, 1.54) is 25.8 Å². The summed E-state index contributed by atoms with van der Waals surface area (Å²) in [5.41, 5.74) is 0.475. The number of benzene rings is 1. The number of piperazine rings is 1. The average molecular weight is 784 g/mol. The molecule has 4 heterocycles. The average Bonchev–Trinajstić information content (AvgIpc) is 3.16. The van der Waals surface area contributed by atoms with Crippen molar-refractivity contribution in [1.29, 1.82) is 0 Å². The molecular formula is C43H63ClN4O5S. The van der Waals surface area contributed by atoms with Crippen molar-refractivity contribution >= 4 is 33.2 Å². The first-order valence-corrected chi connectivity index (χ1v) is 22.9. The van der Waals surface area contributed by atoms with Gasteiger partial charge >= 0.3 is 0 Å². The van der Waals surface area contributed by atoms with Gasteiger partial charge in [-0.2, -0.15) is 0 Å². The smallest absolute Gasteiger partial charge is 0.264 e. The quantitative estimate of drug-likeness (QED) is 0.307. The first-order chi connectivity index (χ1) is 26.0. The number of sulfonamides is 1. The Hall–Kier alpha value is -2.37. The molecule has 2 bridgehead atoms. The number of ether oxygens (including phenoxy) is 2. The molecule has 54 heavy (non-hydrogen) atoms. The molecule has 2 aliphatic carbocycles. The Labute approximate surface area is 329 Å². The van der Waals surface area contributed by atoms with Gasteiger partial charge in [0.05, 0.1) is 17.5 Å². The zero-order valence-electron chi connectivity index (χ0n) is 32.8. The van der Waals surface area contributed by atoms with Gasteiger partial charge in [0.1, 0.15) is 11.4 Å². The minimum Gasteiger partial charge on any atom is -0.490 e. The molecule has 1 N–H and O–H groups in total. The number of nitrogens with zero attached hydrogens (tertiary/aromatic N) is 3. The van der Waals surface area contributed by atoms with Gasteiger partial charge in [-0.3, -0.25) is 14.6 Å². The molecule has 4 aliphatic heterocycles. The zero-order chi connectivity index (χ0) is 37.9. The number of amides is 1. The van der Waals surface area contributed by atoms with E-state index in [-0.39, 0.29) is 11.3 Å². The summed E-state index contributed by atoms with van der Waals surface area (Å²) < 4.78 is 43.6. The van der Waals surface area contributed by atoms with Gasteiger partial charge < -0.3 is 14.4 Å². The van der Waals surface area contributed by atoms with E-state index in [2.05, 4.69) is 57.6 Å². The molecule has 1 aromatic carbocycles. The van der Waals surface area contributed by atoms with Crippen molar-refractivity contribution < 1.29 is 22.7 Å². The van der Waals surface area contributed by atoms with Crippen LogP contribution in [0.15, 0.2) is 53.6 Å². The monoisotopic (exact) mass is 782 g/mol. The molecule has 6 aliphatic rings. The van der Waals surface area contributed by atoms with Crippen LogP contribution in [0.1, 0.15) is 102 Å². The summed E-state index contributed by atoms with van der Waals surface area (Å²) in [6.45, 7) is 14.2. The van der Waals surface area contributed by atoms with Gasteiger partial charge in [-0.1, -0.05) is 62.6 Å². The van der Waals surface area contributed by atoms with E-state index in [4.69, 9.17) is 21.1 Å². The number of carbonyl (C=O) groups excluding carboxylic acids is 1. The number of nitrogens with one attached hydrogen (secondary N) is 1. The first-order valence-electron chi connectivity index (χ1n) is 20.9. The summed E-state index contributed by atoms with van der Waals surface area (Å²) in [7, 11) is -3.92. The van der Waals surface area contributed by atoms with Crippen molar-refractivity contribution in [3.63, 3.8) is 0 Å². The Morgan fingerprint density at radius 3 is 2.61 bits per heavy atom. The van der Waals surface area contributed by atoms with Crippen LogP contribution in [-0.2, 0) is 14.8 Å². The highest BCUT2D eigenvalue weighted by molar-refractivity contribution is 7.90. The summed E-state index contributed by atoms with van der Waals surface area (Å²) in [5, 5.41) is 0.0917. The summed E-state index contributed by atoms with van der Waals surface area (Å²) in [6.07, 6.45) is 21.4. The van der Waals surface area contributed by atoms with Crippen molar-refractivity contribution in [2.24, 2.45) is 23.2 Å². The lowest BCUT2D eigenvalue weighted by molar-refractivity contribution is -0.116. The molecule has 7 rings (SSSR count). The lowest BCUT2D eigenvalue weighted by Crippen LogP contribution is -2.61. The van der Waals surface area contributed by atoms with Crippen molar-refractivity contribution in [2.75, 3.05) is 63.9 Å². The molecule has 3 fully saturated rings. The van der Waals surface area contributed by atoms with E-state index in [1.807, 2.05) is 25.1 Å². The van der Waals surface area contributed by atoms with Crippen LogP contribution >= 0.6 is 11.6 Å². The predicted octanol–water partition coefficient (Wildman–Crippen LogP) is 7.53. The van der Waals surface area contributed by atoms with Gasteiger partial charge in [0.2, 0.25) is 10.0 Å². The molecule has 0 radical (unpaired) electrons. The molecular weight excluding hydrogens is 720 g/mol. The third-order valence-corrected chi connectivity index (χ3v) is 15.8. The van der Waals surface area contributed by atoms with Crippen LogP contribution in [0.25, 0.3) is 0 Å². The number of carbonyl (C=O) groups is 1. The van der Waals surface area contributed by atoms with Crippen LogP contribution in [0.3, 0.4) is 0 Å². The van der Waals surface area contributed by atoms with E-state index < -0.39 is 26.8 Å². The van der Waals surface area contributed by atoms with Crippen LogP contribution in [0.5, 0.6) is 5.75 Å². The Morgan fingerprint density at radius 1 is 0.981 bits per heavy atom. The molecule has 7 atom stereocenters. The van der Waals surface area contributed by atoms with E-state index in [0.29, 0.717) is 55.9 Å². The number of halogens is 1. The Kier molecular flexibility index (Phi) is 12.6. The van der Waals surface area contributed by atoms with E-state index >= 15 is 0 Å². The van der Waals surface area contributed by atoms with Crippen molar-refractivity contribution in [3.8, 4) is 5.75 Å². The van der Waals surface area contributed by atoms with Gasteiger partial charge in [-0.15, -0.1) is 0 Å². The number of rotatable bonds is 5. The highest BCUT2D eigenvalue weighted by Crippen LogP contribution is 2.48. The fraction of sp³-hybridized carbons (Fsp3) is 0.698. The molecule has 0 spiro atoms. The van der Waals surface area contributed by atoms with Gasteiger partial charge in [-0.05, 0) is 113 Å². The van der Waals surface area contributed by atoms with Gasteiger partial charge in [0.25, 0.3) is 5.91 Å². The Morgan fingerprint density at radius 2 is 1.81 bits per heavy atom. The predicted molar refractivity (Wildman–Crippen MR) is 218 cm³/mol. The molecule has 298 valence electrons. The second-order valence-corrected chi connectivity index (χ2v) is 19.5. The standard InChI is InChI=1S/C43H63ClN4O5S/c1-4-37-14-6-9-20-43(53-5-2,30-46-24-25-47-22-11-8-13-36(47)29-46)38-17-15-33(38)28-48-23-10-7-12-34-27-35(44)19-21-42(34,3)31-52-40-18-16-32(26-39(40)48)41(49)45-54(37,50)51/h9,16,18-21,26-27,33-34,36-38H,4-8,10-15,17,22-25,28-31H2,1-3H3,(H,45,49)/b20-9+/t33-,34?,36+,37+,38+,42?,43-/m0/s1. The van der Waals surface area contributed by atoms with Gasteiger partial charge in [-0.25, -0.2) is 13.1 Å². The van der Waals surface area contributed by atoms with Gasteiger partial charge in [0.15, 0.2) is 0 Å². The zero-order valence-corrected chi connectivity index (χ0v) is 34.4. The lowest BCUT2D eigenvalue weighted by atomic mass is 9.63. The third-order valence-electron chi connectivity index (χ3n) is 13.6. The van der Waals surface area contributed by atoms with Crippen LogP contribution < -0.4 is 14.4 Å². The highest BCUT2D eigenvalue weighted by Gasteiger charge is 2.49. The summed E-state index contributed by atoms with van der Waals surface area (Å²) in [5.74, 6) is 1.07. The number of allylic oxidation sites excluding steroid dienone is 4. The molecule has 9 nitrogen and oxygen atoms in total. The largest absolute Gasteiger partial charge is 0.490 e. The molecule has 11 heteroatoms. The molecule has 0 aromatic heterocycles. The van der Waals surface area contributed by atoms with Crippen molar-refractivity contribution in [2.45, 2.75) is 108 Å². The fourth-order valence-electron chi connectivity index (χ4n) is 10.2. The van der Waals surface area contributed by atoms with E-state index in [1.54, 1.807) is 6.07 Å². The molecule has 2 unspecified atom stereocenters. The number of hydrogen-bond donors (Lipinski definition) is 1. The minimum absolute atomic E-state index is 0.233. The first kappa shape index (κ1) is 39.8. The second-order valence-electron chi connectivity index (χ2n) is 17.1. The number of piperidine rings is 1. The number of hydrogen-bond acceptors (Lipinski definition) is 8. The Bertz CT molecular complexity index is 1700. The molecule has 1 amide bonds. The maximum absolute atomic E-state index is 13.7. The maximum Gasteiger partial charge on any atom is 0.264 e. The number of fused-ring (bicyclic) bond motifs is 4. The maximum atomic E-state index is 13.7. The molecule has 1 aromatic rings. The normalized spacial score (nSPS) is 35.8. The minimum atomic E-state index is -3.92.